The van der Waals surface area contributed by atoms with Crippen LogP contribution in [-0.4, -0.2) is 65.7 Å². The van der Waals surface area contributed by atoms with E-state index >= 15 is 0 Å². The van der Waals surface area contributed by atoms with Crippen molar-refractivity contribution in [2.24, 2.45) is 0 Å². The highest BCUT2D eigenvalue weighted by Crippen LogP contribution is 2.43. The zero-order chi connectivity index (χ0) is 41.9. The fourth-order valence-electron chi connectivity index (χ4n) is 5.53. The van der Waals surface area contributed by atoms with Crippen LogP contribution < -0.4 is 0 Å². The molecule has 11 heteroatoms. The number of carbonyl (C=O) groups is 2. The molecular formula is C46H79O10P. The number of unbranched alkanes of at least 4 members (excludes halogenated alkanes) is 15. The fraction of sp³-hybridized carbons (Fsp3) is 0.696. The van der Waals surface area contributed by atoms with Crippen molar-refractivity contribution in [3.63, 3.8) is 0 Å². The van der Waals surface area contributed by atoms with E-state index in [0.29, 0.717) is 12.8 Å². The highest BCUT2D eigenvalue weighted by molar-refractivity contribution is 7.47. The lowest BCUT2D eigenvalue weighted by atomic mass is 10.1. The molecule has 0 saturated carbocycles. The van der Waals surface area contributed by atoms with E-state index in [1.165, 1.54) is 83.5 Å². The van der Waals surface area contributed by atoms with E-state index in [9.17, 15) is 24.2 Å². The van der Waals surface area contributed by atoms with Crippen molar-refractivity contribution in [1.29, 1.82) is 0 Å². The molecule has 3 unspecified atom stereocenters. The van der Waals surface area contributed by atoms with Gasteiger partial charge in [0.2, 0.25) is 0 Å². The molecule has 0 bridgehead atoms. The molecule has 0 aliphatic carbocycles. The number of phosphoric acid groups is 1. The molecule has 0 rings (SSSR count). The van der Waals surface area contributed by atoms with Crippen LogP contribution in [0.5, 0.6) is 0 Å². The van der Waals surface area contributed by atoms with E-state index in [0.717, 1.165) is 44.9 Å². The van der Waals surface area contributed by atoms with Crippen molar-refractivity contribution < 1.29 is 47.8 Å². The topological polar surface area (TPSA) is 149 Å². The van der Waals surface area contributed by atoms with Crippen LogP contribution in [-0.2, 0) is 32.7 Å². The third kappa shape index (κ3) is 41.4. The van der Waals surface area contributed by atoms with E-state index in [-0.39, 0.29) is 19.4 Å². The first-order chi connectivity index (χ1) is 27.7. The zero-order valence-corrected chi connectivity index (χ0v) is 36.4. The Morgan fingerprint density at radius 2 is 1.02 bits per heavy atom. The van der Waals surface area contributed by atoms with Gasteiger partial charge in [-0.2, -0.15) is 0 Å². The number of phosphoric ester groups is 1. The molecule has 0 aromatic rings. The van der Waals surface area contributed by atoms with E-state index in [2.05, 4.69) is 67.0 Å². The average molecular weight is 823 g/mol. The quantitative estimate of drug-likeness (QED) is 0.0236. The van der Waals surface area contributed by atoms with Crippen molar-refractivity contribution in [3.05, 3.63) is 72.9 Å². The largest absolute Gasteiger partial charge is 0.472 e. The van der Waals surface area contributed by atoms with Gasteiger partial charge < -0.3 is 24.6 Å². The van der Waals surface area contributed by atoms with Crippen LogP contribution in [0.1, 0.15) is 168 Å². The Balaban J connectivity index is 4.38. The number of hydrogen-bond acceptors (Lipinski definition) is 9. The van der Waals surface area contributed by atoms with E-state index in [1.54, 1.807) is 6.08 Å². The maximum Gasteiger partial charge on any atom is 0.472 e. The molecule has 57 heavy (non-hydrogen) atoms. The number of esters is 2. The van der Waals surface area contributed by atoms with Gasteiger partial charge in [0.15, 0.2) is 6.10 Å². The maximum absolute atomic E-state index is 12.5. The molecule has 0 amide bonds. The predicted octanol–water partition coefficient (Wildman–Crippen LogP) is 11.7. The molecule has 328 valence electrons. The summed E-state index contributed by atoms with van der Waals surface area (Å²) in [6.07, 6.45) is 47.6. The minimum atomic E-state index is -4.65. The van der Waals surface area contributed by atoms with Gasteiger partial charge in [0.25, 0.3) is 0 Å². The molecule has 0 radical (unpaired) electrons. The summed E-state index contributed by atoms with van der Waals surface area (Å²) in [7, 11) is -4.65. The lowest BCUT2D eigenvalue weighted by Gasteiger charge is -2.20. The number of allylic oxidation sites excluding steroid dienone is 11. The smallest absolute Gasteiger partial charge is 0.462 e. The Hall–Kier alpha value is -2.59. The number of ether oxygens (including phenoxy) is 2. The first-order valence-corrected chi connectivity index (χ1v) is 23.4. The third-order valence-electron chi connectivity index (χ3n) is 8.88. The first kappa shape index (κ1) is 54.4. The number of carbonyl (C=O) groups excluding carboxylic acids is 2. The SMILES string of the molecule is CC/C=C\C/C=C\C/C=C\C/C=C\C/C=C\CC(=O)OC(COC(=O)CCCCCCCCCCC/C=C\CCCCCCCC)COP(=O)(O)OCC(O)CO. The maximum atomic E-state index is 12.5. The second-order valence-corrected chi connectivity index (χ2v) is 15.8. The lowest BCUT2D eigenvalue weighted by molar-refractivity contribution is -0.160. The molecule has 0 saturated heterocycles. The normalized spacial score (nSPS) is 14.5. The lowest BCUT2D eigenvalue weighted by Crippen LogP contribution is -2.29. The monoisotopic (exact) mass is 823 g/mol. The summed E-state index contributed by atoms with van der Waals surface area (Å²) in [5.74, 6) is -1.08. The first-order valence-electron chi connectivity index (χ1n) is 21.9. The summed E-state index contributed by atoms with van der Waals surface area (Å²) in [6, 6.07) is 0. The molecule has 0 spiro atoms. The number of hydrogen-bond donors (Lipinski definition) is 3. The van der Waals surface area contributed by atoms with Crippen LogP contribution in [0.15, 0.2) is 72.9 Å². The Morgan fingerprint density at radius 3 is 1.53 bits per heavy atom. The summed E-state index contributed by atoms with van der Waals surface area (Å²) in [6.45, 7) is 2.14. The van der Waals surface area contributed by atoms with Gasteiger partial charge in [-0.15, -0.1) is 0 Å². The van der Waals surface area contributed by atoms with Gasteiger partial charge in [-0.05, 0) is 64.2 Å². The minimum absolute atomic E-state index is 0.0509. The Kier molecular flexibility index (Phi) is 39.7. The number of aliphatic hydroxyl groups excluding tert-OH is 2. The molecule has 0 aliphatic rings. The van der Waals surface area contributed by atoms with Crippen molar-refractivity contribution >= 4 is 19.8 Å². The van der Waals surface area contributed by atoms with Crippen LogP contribution >= 0.6 is 7.82 Å². The summed E-state index contributed by atoms with van der Waals surface area (Å²) >= 11 is 0. The van der Waals surface area contributed by atoms with Crippen LogP contribution in [0, 0.1) is 0 Å². The Bertz CT molecular complexity index is 1180. The molecule has 0 aromatic carbocycles. The molecule has 10 nitrogen and oxygen atoms in total. The predicted molar refractivity (Wildman–Crippen MR) is 233 cm³/mol. The van der Waals surface area contributed by atoms with Crippen molar-refractivity contribution in [2.75, 3.05) is 26.4 Å². The highest BCUT2D eigenvalue weighted by Gasteiger charge is 2.27. The zero-order valence-electron chi connectivity index (χ0n) is 35.5. The van der Waals surface area contributed by atoms with Crippen LogP contribution in [0.2, 0.25) is 0 Å². The standard InChI is InChI=1S/C46H79O10P/c1-3-5-7-9-11-13-15-17-19-20-21-22-24-25-27-29-31-33-35-37-45(49)53-41-44(42-55-57(51,52)54-40-43(48)39-47)56-46(50)38-36-34-32-30-28-26-23-18-16-14-12-10-8-6-4-2/h6,8,12,14,17-19,23,28,30,34,36,43-44,47-48H,3-5,7,9-11,13,15-16,20-22,24-27,29,31-33,35,37-42H2,1-2H3,(H,51,52)/b8-6-,14-12-,19-17-,23-18-,30-28-,36-34-. The van der Waals surface area contributed by atoms with Gasteiger partial charge >= 0.3 is 19.8 Å². The Labute approximate surface area is 346 Å². The number of rotatable bonds is 40. The highest BCUT2D eigenvalue weighted by atomic mass is 31.2. The van der Waals surface area contributed by atoms with Crippen LogP contribution in [0.25, 0.3) is 0 Å². The van der Waals surface area contributed by atoms with Gasteiger partial charge in [-0.1, -0.05) is 164 Å². The van der Waals surface area contributed by atoms with Gasteiger partial charge in [0, 0.05) is 6.42 Å². The van der Waals surface area contributed by atoms with Gasteiger partial charge in [0.1, 0.15) is 12.7 Å². The molecular weight excluding hydrogens is 743 g/mol. The third-order valence-corrected chi connectivity index (χ3v) is 9.83. The molecule has 0 aromatic heterocycles. The summed E-state index contributed by atoms with van der Waals surface area (Å²) in [4.78, 5) is 34.9. The average Bonchev–Trinajstić information content (AvgIpc) is 3.20. The van der Waals surface area contributed by atoms with E-state index < -0.39 is 51.8 Å². The molecule has 0 fully saturated rings. The van der Waals surface area contributed by atoms with Crippen molar-refractivity contribution in [1.82, 2.24) is 0 Å². The second kappa shape index (κ2) is 41.6. The molecule has 0 heterocycles. The van der Waals surface area contributed by atoms with Gasteiger partial charge in [-0.3, -0.25) is 18.6 Å². The van der Waals surface area contributed by atoms with E-state index in [1.807, 2.05) is 18.2 Å². The van der Waals surface area contributed by atoms with Crippen molar-refractivity contribution in [2.45, 2.75) is 180 Å². The van der Waals surface area contributed by atoms with Gasteiger partial charge in [-0.25, -0.2) is 4.57 Å². The van der Waals surface area contributed by atoms with E-state index in [4.69, 9.17) is 19.1 Å². The van der Waals surface area contributed by atoms with Crippen LogP contribution in [0.3, 0.4) is 0 Å². The van der Waals surface area contributed by atoms with Crippen LogP contribution in [0.4, 0.5) is 0 Å². The molecule has 3 atom stereocenters. The van der Waals surface area contributed by atoms with Gasteiger partial charge in [0.05, 0.1) is 26.2 Å². The minimum Gasteiger partial charge on any atom is -0.462 e. The molecule has 3 N–H and O–H groups in total. The summed E-state index contributed by atoms with van der Waals surface area (Å²) < 4.78 is 32.6. The fourth-order valence-corrected chi connectivity index (χ4v) is 6.32. The second-order valence-electron chi connectivity index (χ2n) is 14.4. The van der Waals surface area contributed by atoms with Crippen molar-refractivity contribution in [3.8, 4) is 0 Å². The summed E-state index contributed by atoms with van der Waals surface area (Å²) in [5.41, 5.74) is 0. The Morgan fingerprint density at radius 1 is 0.561 bits per heavy atom. The summed E-state index contributed by atoms with van der Waals surface area (Å²) in [5, 5.41) is 18.3. The number of aliphatic hydroxyl groups is 2. The molecule has 0 aliphatic heterocycles.